The minimum Gasteiger partial charge on any atom is -0.456 e. The lowest BCUT2D eigenvalue weighted by Crippen LogP contribution is -2.77. The molecular weight excluding hydrogens is 634 g/mol. The molecule has 1 spiro atoms. The molecule has 4 bridgehead atoms. The van der Waals surface area contributed by atoms with Crippen molar-refractivity contribution in [2.75, 3.05) is 13.1 Å². The molecular formula is C37H59NO11. The number of piperidine rings is 2. The fourth-order valence-corrected chi connectivity index (χ4v) is 12.5. The van der Waals surface area contributed by atoms with Crippen molar-refractivity contribution >= 4 is 11.9 Å². The van der Waals surface area contributed by atoms with Gasteiger partial charge in [-0.1, -0.05) is 34.6 Å². The standard InChI is InChI=1S/C37H59NO11/c1-8-19(4)30(41)47-25-12-13-32(5)23-14-22(39)28-35(32,49-37(23,25)46)15-21-20-17-38-16-18(3)10-11-24(38)34(7,44)26(20)27(40)29(36(21,28)45)48-31(42)33(6,43)9-2/h18-29,39-40,43-46H,8-17H2,1-7H3/t18-,19?,20?,21?,22?,23?,24-,25-,26?,27+,28?,29?,32-,33?,34?,35-,36-,37-/m0/s1. The van der Waals surface area contributed by atoms with Crippen molar-refractivity contribution in [2.45, 2.75) is 158 Å². The van der Waals surface area contributed by atoms with Gasteiger partial charge in [0.25, 0.3) is 0 Å². The van der Waals surface area contributed by atoms with Crippen molar-refractivity contribution in [1.82, 2.24) is 4.90 Å². The van der Waals surface area contributed by atoms with Gasteiger partial charge in [-0.25, -0.2) is 4.79 Å². The van der Waals surface area contributed by atoms with Crippen LogP contribution >= 0.6 is 0 Å². The summed E-state index contributed by atoms with van der Waals surface area (Å²) >= 11 is 0. The Morgan fingerprint density at radius 1 is 1.06 bits per heavy atom. The monoisotopic (exact) mass is 693 g/mol. The number of hydrogen-bond donors (Lipinski definition) is 6. The third kappa shape index (κ3) is 4.56. The van der Waals surface area contributed by atoms with Crippen molar-refractivity contribution in [2.24, 2.45) is 46.8 Å². The average Bonchev–Trinajstić information content (AvgIpc) is 3.31. The van der Waals surface area contributed by atoms with E-state index in [0.717, 1.165) is 19.4 Å². The molecule has 6 N–H and O–H groups in total. The molecule has 278 valence electrons. The Labute approximate surface area is 289 Å². The summed E-state index contributed by atoms with van der Waals surface area (Å²) in [6.45, 7) is 13.8. The molecule has 12 heteroatoms. The van der Waals surface area contributed by atoms with E-state index in [4.69, 9.17) is 14.2 Å². The summed E-state index contributed by atoms with van der Waals surface area (Å²) in [6.07, 6.45) is -2.08. The average molecular weight is 694 g/mol. The highest BCUT2D eigenvalue weighted by Crippen LogP contribution is 2.77. The van der Waals surface area contributed by atoms with Gasteiger partial charge in [-0.2, -0.15) is 0 Å². The summed E-state index contributed by atoms with van der Waals surface area (Å²) in [7, 11) is 0. The lowest BCUT2D eigenvalue weighted by atomic mass is 9.49. The quantitative estimate of drug-likeness (QED) is 0.221. The van der Waals surface area contributed by atoms with Gasteiger partial charge in [0, 0.05) is 42.3 Å². The molecule has 4 aliphatic carbocycles. The van der Waals surface area contributed by atoms with E-state index in [0.29, 0.717) is 31.7 Å². The van der Waals surface area contributed by atoms with E-state index in [9.17, 15) is 40.2 Å². The van der Waals surface area contributed by atoms with Crippen LogP contribution < -0.4 is 0 Å². The van der Waals surface area contributed by atoms with E-state index in [-0.39, 0.29) is 31.2 Å². The van der Waals surface area contributed by atoms with Gasteiger partial charge >= 0.3 is 11.9 Å². The van der Waals surface area contributed by atoms with Crippen LogP contribution in [0.4, 0.5) is 0 Å². The Balaban J connectivity index is 1.36. The van der Waals surface area contributed by atoms with E-state index < -0.39 is 99.6 Å². The summed E-state index contributed by atoms with van der Waals surface area (Å²) in [5.41, 5.74) is -7.49. The predicted molar refractivity (Wildman–Crippen MR) is 174 cm³/mol. The first kappa shape index (κ1) is 36.0. The zero-order valence-electron chi connectivity index (χ0n) is 30.2. The maximum absolute atomic E-state index is 13.6. The number of esters is 2. The Morgan fingerprint density at radius 2 is 1.76 bits per heavy atom. The van der Waals surface area contributed by atoms with Crippen LogP contribution in [0.2, 0.25) is 0 Å². The SMILES string of the molecule is CCC(C)C(=O)O[C@H]1CC[C@@]2(C)C3CC(O)C4[C@@]5(O)C(C[C@]42O[C@@]31O)C1CN2C[C@@H](C)CC[C@H]2C(C)(O)C1[C@@H](O)C5OC(=O)C(C)(O)CC. The minimum absolute atomic E-state index is 0.0259. The second-order valence-corrected chi connectivity index (χ2v) is 18.0. The largest absolute Gasteiger partial charge is 0.456 e. The van der Waals surface area contributed by atoms with Crippen LogP contribution in [0.15, 0.2) is 0 Å². The van der Waals surface area contributed by atoms with Gasteiger partial charge in [0.05, 0.1) is 29.3 Å². The fraction of sp³-hybridized carbons (Fsp3) is 0.946. The molecule has 0 aromatic rings. The van der Waals surface area contributed by atoms with Gasteiger partial charge in [0.2, 0.25) is 5.79 Å². The molecule has 18 atom stereocenters. The van der Waals surface area contributed by atoms with Gasteiger partial charge in [-0.05, 0) is 83.0 Å². The van der Waals surface area contributed by atoms with Gasteiger partial charge in [0.15, 0.2) is 17.8 Å². The first-order chi connectivity index (χ1) is 22.7. The van der Waals surface area contributed by atoms with Crippen molar-refractivity contribution < 1.29 is 54.4 Å². The molecule has 0 amide bonds. The number of aliphatic hydroxyl groups excluding tert-OH is 2. The number of hydrogen-bond acceptors (Lipinski definition) is 12. The van der Waals surface area contributed by atoms with Crippen LogP contribution in [0.5, 0.6) is 0 Å². The number of ether oxygens (including phenoxy) is 3. The first-order valence-electron chi connectivity index (χ1n) is 18.9. The van der Waals surface area contributed by atoms with E-state index in [1.54, 1.807) is 20.8 Å². The van der Waals surface area contributed by atoms with Crippen molar-refractivity contribution in [3.63, 3.8) is 0 Å². The third-order valence-corrected chi connectivity index (χ3v) is 15.4. The molecule has 0 aromatic heterocycles. The summed E-state index contributed by atoms with van der Waals surface area (Å²) in [5.74, 6) is -7.09. The molecule has 12 nitrogen and oxygen atoms in total. The molecule has 0 radical (unpaired) electrons. The molecule has 7 rings (SSSR count). The predicted octanol–water partition coefficient (Wildman–Crippen LogP) is 1.49. The number of fused-ring (bicyclic) bond motifs is 5. The molecule has 7 fully saturated rings. The zero-order valence-corrected chi connectivity index (χ0v) is 30.2. The second-order valence-electron chi connectivity index (χ2n) is 18.0. The maximum atomic E-state index is 13.6. The molecule has 3 aliphatic heterocycles. The number of rotatable bonds is 6. The summed E-state index contributed by atoms with van der Waals surface area (Å²) in [6, 6.07) is -0.251. The van der Waals surface area contributed by atoms with Gasteiger partial charge in [-0.3, -0.25) is 9.69 Å². The second kappa shape index (κ2) is 11.3. The number of nitrogens with zero attached hydrogens (tertiary/aromatic N) is 1. The Morgan fingerprint density at radius 3 is 2.41 bits per heavy atom. The normalized spacial score (nSPS) is 54.8. The molecule has 7 aliphatic rings. The van der Waals surface area contributed by atoms with Crippen LogP contribution in [0.1, 0.15) is 99.8 Å². The molecule has 4 saturated carbocycles. The van der Waals surface area contributed by atoms with Crippen LogP contribution in [0, 0.1) is 46.8 Å². The number of carbonyl (C=O) groups excluding carboxylic acids is 2. The highest BCUT2D eigenvalue weighted by molar-refractivity contribution is 5.79. The van der Waals surface area contributed by atoms with Crippen molar-refractivity contribution in [3.8, 4) is 0 Å². The Bertz CT molecular complexity index is 1360. The van der Waals surface area contributed by atoms with E-state index in [1.165, 1.54) is 6.92 Å². The third-order valence-electron chi connectivity index (χ3n) is 15.4. The summed E-state index contributed by atoms with van der Waals surface area (Å²) in [5, 5.41) is 73.7. The molecule has 10 unspecified atom stereocenters. The van der Waals surface area contributed by atoms with Crippen LogP contribution in [-0.4, -0.2) is 119 Å². The highest BCUT2D eigenvalue weighted by atomic mass is 16.7. The van der Waals surface area contributed by atoms with Gasteiger partial charge < -0.3 is 44.8 Å². The lowest BCUT2D eigenvalue weighted by Gasteiger charge is -2.64. The lowest BCUT2D eigenvalue weighted by molar-refractivity contribution is -0.301. The van der Waals surface area contributed by atoms with Crippen molar-refractivity contribution in [1.29, 1.82) is 0 Å². The highest BCUT2D eigenvalue weighted by Gasteiger charge is 2.87. The summed E-state index contributed by atoms with van der Waals surface area (Å²) in [4.78, 5) is 28.9. The molecule has 49 heavy (non-hydrogen) atoms. The first-order valence-corrected chi connectivity index (χ1v) is 18.9. The van der Waals surface area contributed by atoms with Crippen molar-refractivity contribution in [3.05, 3.63) is 0 Å². The number of aliphatic hydroxyl groups is 6. The summed E-state index contributed by atoms with van der Waals surface area (Å²) < 4.78 is 18.9. The van der Waals surface area contributed by atoms with Gasteiger partial charge in [-0.15, -0.1) is 0 Å². The fourth-order valence-electron chi connectivity index (χ4n) is 12.5. The van der Waals surface area contributed by atoms with Crippen LogP contribution in [0.25, 0.3) is 0 Å². The number of carbonyl (C=O) groups is 2. The molecule has 0 aromatic carbocycles. The van der Waals surface area contributed by atoms with E-state index in [1.807, 2.05) is 13.8 Å². The minimum atomic E-state index is -2.05. The van der Waals surface area contributed by atoms with E-state index >= 15 is 0 Å². The van der Waals surface area contributed by atoms with Gasteiger partial charge in [0.1, 0.15) is 5.60 Å². The molecule has 3 saturated heterocycles. The zero-order chi connectivity index (χ0) is 35.9. The maximum Gasteiger partial charge on any atom is 0.338 e. The smallest absolute Gasteiger partial charge is 0.338 e. The van der Waals surface area contributed by atoms with Crippen LogP contribution in [0.3, 0.4) is 0 Å². The van der Waals surface area contributed by atoms with Crippen LogP contribution in [-0.2, 0) is 23.8 Å². The Hall–Kier alpha value is -1.38. The molecule has 3 heterocycles. The topological polar surface area (TPSA) is 186 Å². The Kier molecular flexibility index (Phi) is 8.31. The van der Waals surface area contributed by atoms with E-state index in [2.05, 4.69) is 11.8 Å².